The van der Waals surface area contributed by atoms with E-state index in [-0.39, 0.29) is 0 Å². The van der Waals surface area contributed by atoms with Crippen molar-refractivity contribution in [3.63, 3.8) is 0 Å². The molecule has 9 heavy (non-hydrogen) atoms. The molecule has 1 atom stereocenters. The molecule has 0 aromatic heterocycles. The maximum absolute atomic E-state index is 3.24. The highest BCUT2D eigenvalue weighted by molar-refractivity contribution is 8.00. The Labute approximate surface area is 60.6 Å². The van der Waals surface area contributed by atoms with Gasteiger partial charge in [-0.05, 0) is 31.3 Å². The molecule has 1 nitrogen and oxygen atoms in total. The van der Waals surface area contributed by atoms with Crippen LogP contribution in [0.25, 0.3) is 0 Å². The molecule has 0 aromatic carbocycles. The Balaban J connectivity index is 1.80. The molecular weight excluding hydrogens is 130 g/mol. The third kappa shape index (κ3) is 0.802. The Morgan fingerprint density at radius 2 is 2.44 bits per heavy atom. The standard InChI is InChI=1S/C7H13NS/c1-8-3-6-2-7(6)4-9-5-7/h6,8H,2-5H2,1H3. The first-order valence-electron chi connectivity index (χ1n) is 3.60. The van der Waals surface area contributed by atoms with Crippen molar-refractivity contribution in [2.45, 2.75) is 6.42 Å². The molecule has 1 spiro atoms. The largest absolute Gasteiger partial charge is 0.319 e. The van der Waals surface area contributed by atoms with Crippen molar-refractivity contribution in [2.75, 3.05) is 25.1 Å². The van der Waals surface area contributed by atoms with Crippen LogP contribution in [0.1, 0.15) is 6.42 Å². The van der Waals surface area contributed by atoms with E-state index >= 15 is 0 Å². The van der Waals surface area contributed by atoms with E-state index in [1.807, 2.05) is 0 Å². The van der Waals surface area contributed by atoms with Gasteiger partial charge in [0.1, 0.15) is 0 Å². The molecule has 1 unspecified atom stereocenters. The summed E-state index contributed by atoms with van der Waals surface area (Å²) in [5.74, 6) is 3.92. The van der Waals surface area contributed by atoms with Crippen LogP contribution in [0, 0.1) is 11.3 Å². The Kier molecular flexibility index (Phi) is 1.27. The lowest BCUT2D eigenvalue weighted by molar-refractivity contribution is 0.533. The number of nitrogens with one attached hydrogen (secondary N) is 1. The zero-order chi connectivity index (χ0) is 6.32. The van der Waals surface area contributed by atoms with Crippen LogP contribution in [0.2, 0.25) is 0 Å². The monoisotopic (exact) mass is 143 g/mol. The fourth-order valence-corrected chi connectivity index (χ4v) is 3.12. The van der Waals surface area contributed by atoms with Gasteiger partial charge in [-0.2, -0.15) is 11.8 Å². The summed E-state index contributed by atoms with van der Waals surface area (Å²) in [4.78, 5) is 0. The molecule has 2 heteroatoms. The fraction of sp³-hybridized carbons (Fsp3) is 1.00. The first-order valence-corrected chi connectivity index (χ1v) is 4.75. The Morgan fingerprint density at radius 3 is 2.78 bits per heavy atom. The van der Waals surface area contributed by atoms with Crippen molar-refractivity contribution in [3.05, 3.63) is 0 Å². The highest BCUT2D eigenvalue weighted by atomic mass is 32.2. The third-order valence-corrected chi connectivity index (χ3v) is 4.15. The molecule has 1 aliphatic carbocycles. The summed E-state index contributed by atoms with van der Waals surface area (Å²) in [6, 6.07) is 0. The molecule has 0 amide bonds. The summed E-state index contributed by atoms with van der Waals surface area (Å²) in [7, 11) is 2.05. The van der Waals surface area contributed by atoms with Crippen LogP contribution in [-0.4, -0.2) is 25.1 Å². The molecule has 0 aromatic rings. The SMILES string of the molecule is CNCC1CC12CSC2. The van der Waals surface area contributed by atoms with E-state index in [0.717, 1.165) is 11.3 Å². The van der Waals surface area contributed by atoms with E-state index in [4.69, 9.17) is 0 Å². The zero-order valence-corrected chi connectivity index (χ0v) is 6.63. The van der Waals surface area contributed by atoms with Gasteiger partial charge in [-0.15, -0.1) is 0 Å². The predicted octanol–water partition coefficient (Wildman–Crippen LogP) is 0.959. The van der Waals surface area contributed by atoms with Gasteiger partial charge in [0.25, 0.3) is 0 Å². The van der Waals surface area contributed by atoms with Gasteiger partial charge in [0.2, 0.25) is 0 Å². The highest BCUT2D eigenvalue weighted by Gasteiger charge is 2.57. The van der Waals surface area contributed by atoms with Gasteiger partial charge in [-0.25, -0.2) is 0 Å². The quantitative estimate of drug-likeness (QED) is 0.618. The van der Waals surface area contributed by atoms with Gasteiger partial charge in [-0.1, -0.05) is 0 Å². The van der Waals surface area contributed by atoms with E-state index in [1.165, 1.54) is 24.5 Å². The average Bonchev–Trinajstić information content (AvgIpc) is 2.41. The van der Waals surface area contributed by atoms with Crippen LogP contribution in [0.3, 0.4) is 0 Å². The van der Waals surface area contributed by atoms with Crippen LogP contribution in [-0.2, 0) is 0 Å². The van der Waals surface area contributed by atoms with Crippen molar-refractivity contribution < 1.29 is 0 Å². The second-order valence-corrected chi connectivity index (χ2v) is 4.30. The van der Waals surface area contributed by atoms with E-state index in [1.54, 1.807) is 0 Å². The molecule has 0 bridgehead atoms. The second-order valence-electron chi connectivity index (χ2n) is 3.31. The van der Waals surface area contributed by atoms with Crippen LogP contribution in [0.15, 0.2) is 0 Å². The normalized spacial score (nSPS) is 36.3. The average molecular weight is 143 g/mol. The van der Waals surface area contributed by atoms with E-state index in [0.29, 0.717) is 0 Å². The Morgan fingerprint density at radius 1 is 1.67 bits per heavy atom. The Hall–Kier alpha value is 0.310. The van der Waals surface area contributed by atoms with Crippen molar-refractivity contribution in [2.24, 2.45) is 11.3 Å². The van der Waals surface area contributed by atoms with Gasteiger partial charge < -0.3 is 5.32 Å². The molecule has 1 saturated carbocycles. The number of hydrogen-bond donors (Lipinski definition) is 1. The molecule has 52 valence electrons. The molecule has 1 saturated heterocycles. The summed E-state index contributed by atoms with van der Waals surface area (Å²) in [6.45, 7) is 1.25. The minimum Gasteiger partial charge on any atom is -0.319 e. The van der Waals surface area contributed by atoms with E-state index < -0.39 is 0 Å². The number of hydrogen-bond acceptors (Lipinski definition) is 2. The number of rotatable bonds is 2. The number of thioether (sulfide) groups is 1. The molecule has 2 aliphatic rings. The maximum Gasteiger partial charge on any atom is 0.0000571 e. The molecule has 0 radical (unpaired) electrons. The summed E-state index contributed by atoms with van der Waals surface area (Å²) >= 11 is 2.11. The van der Waals surface area contributed by atoms with Crippen molar-refractivity contribution in [1.82, 2.24) is 5.32 Å². The van der Waals surface area contributed by atoms with Crippen LogP contribution >= 0.6 is 11.8 Å². The lowest BCUT2D eigenvalue weighted by Gasteiger charge is -2.25. The summed E-state index contributed by atoms with van der Waals surface area (Å²) < 4.78 is 0. The lowest BCUT2D eigenvalue weighted by atomic mass is 10.1. The van der Waals surface area contributed by atoms with E-state index in [9.17, 15) is 0 Å². The smallest absolute Gasteiger partial charge is 0.0000571 e. The van der Waals surface area contributed by atoms with Gasteiger partial charge >= 0.3 is 0 Å². The molecule has 1 aliphatic heterocycles. The van der Waals surface area contributed by atoms with Gasteiger partial charge in [0, 0.05) is 11.5 Å². The topological polar surface area (TPSA) is 12.0 Å². The lowest BCUT2D eigenvalue weighted by Crippen LogP contribution is -2.25. The van der Waals surface area contributed by atoms with Crippen molar-refractivity contribution >= 4 is 11.8 Å². The predicted molar refractivity (Wildman–Crippen MR) is 41.8 cm³/mol. The third-order valence-electron chi connectivity index (χ3n) is 2.59. The van der Waals surface area contributed by atoms with Crippen molar-refractivity contribution in [3.8, 4) is 0 Å². The summed E-state index contributed by atoms with van der Waals surface area (Å²) in [5.41, 5.74) is 0.841. The summed E-state index contributed by atoms with van der Waals surface area (Å²) in [6.07, 6.45) is 1.50. The maximum atomic E-state index is 3.24. The first kappa shape index (κ1) is 6.05. The van der Waals surface area contributed by atoms with Gasteiger partial charge in [0.15, 0.2) is 0 Å². The van der Waals surface area contributed by atoms with Gasteiger partial charge in [-0.3, -0.25) is 0 Å². The van der Waals surface area contributed by atoms with E-state index in [2.05, 4.69) is 24.1 Å². The minimum atomic E-state index is 0.841. The minimum absolute atomic E-state index is 0.841. The van der Waals surface area contributed by atoms with Gasteiger partial charge in [0.05, 0.1) is 0 Å². The molecular formula is C7H13NS. The van der Waals surface area contributed by atoms with Crippen LogP contribution in [0.4, 0.5) is 0 Å². The second kappa shape index (κ2) is 1.89. The fourth-order valence-electron chi connectivity index (χ4n) is 1.68. The zero-order valence-electron chi connectivity index (χ0n) is 5.81. The Bertz CT molecular complexity index is 118. The van der Waals surface area contributed by atoms with Crippen LogP contribution in [0.5, 0.6) is 0 Å². The van der Waals surface area contributed by atoms with Crippen molar-refractivity contribution in [1.29, 1.82) is 0 Å². The molecule has 1 N–H and O–H groups in total. The highest BCUT2D eigenvalue weighted by Crippen LogP contribution is 2.62. The molecule has 1 heterocycles. The summed E-state index contributed by atoms with van der Waals surface area (Å²) in [5, 5.41) is 3.24. The molecule has 2 rings (SSSR count). The first-order chi connectivity index (χ1) is 4.37. The molecule has 2 fully saturated rings. The van der Waals surface area contributed by atoms with Crippen LogP contribution < -0.4 is 5.32 Å².